The average Bonchev–Trinajstić information content (AvgIpc) is 2.01. The first-order chi connectivity index (χ1) is 6.49. The van der Waals surface area contributed by atoms with Crippen LogP contribution < -0.4 is 5.73 Å². The number of nitrogen functional groups attached to an aromatic ring is 1. The molecule has 0 fully saturated rings. The molecule has 1 aromatic heterocycles. The summed E-state index contributed by atoms with van der Waals surface area (Å²) in [5, 5.41) is 1.72. The highest BCUT2D eigenvalue weighted by Gasteiger charge is 2.10. The second kappa shape index (κ2) is 4.84. The number of hydrogen-bond acceptors (Lipinski definition) is 4. The van der Waals surface area contributed by atoms with Crippen LogP contribution in [0.3, 0.4) is 0 Å². The Hall–Kier alpha value is -0.480. The number of anilines is 1. The van der Waals surface area contributed by atoms with Crippen molar-refractivity contribution in [3.8, 4) is 0 Å². The van der Waals surface area contributed by atoms with Crippen LogP contribution in [0, 0.1) is 5.92 Å². The fourth-order valence-electron chi connectivity index (χ4n) is 0.801. The molecule has 0 saturated heterocycles. The molecule has 0 radical (unpaired) electrons. The van der Waals surface area contributed by atoms with Gasteiger partial charge in [0, 0.05) is 11.3 Å². The summed E-state index contributed by atoms with van der Waals surface area (Å²) in [6.45, 7) is 6.50. The topological polar surface area (TPSA) is 51.8 Å². The summed E-state index contributed by atoms with van der Waals surface area (Å²) >= 11 is 7.43. The van der Waals surface area contributed by atoms with Crippen LogP contribution in [0.2, 0.25) is 5.15 Å². The van der Waals surface area contributed by atoms with Gasteiger partial charge in [-0.25, -0.2) is 9.97 Å². The maximum absolute atomic E-state index is 5.77. The molecular weight excluding hydrogens is 218 g/mol. The van der Waals surface area contributed by atoms with Crippen LogP contribution in [0.25, 0.3) is 0 Å². The zero-order valence-corrected chi connectivity index (χ0v) is 10.1. The van der Waals surface area contributed by atoms with E-state index in [1.54, 1.807) is 17.8 Å². The van der Waals surface area contributed by atoms with E-state index in [4.69, 9.17) is 17.3 Å². The summed E-state index contributed by atoms with van der Waals surface area (Å²) in [4.78, 5) is 7.91. The third-order valence-corrected chi connectivity index (χ3v) is 3.49. The van der Waals surface area contributed by atoms with E-state index in [2.05, 4.69) is 30.7 Å². The molecule has 0 aliphatic heterocycles. The summed E-state index contributed by atoms with van der Waals surface area (Å²) in [5.41, 5.74) is 5.49. The number of rotatable bonds is 3. The van der Waals surface area contributed by atoms with Gasteiger partial charge in [-0.05, 0) is 5.92 Å². The summed E-state index contributed by atoms with van der Waals surface area (Å²) in [6.07, 6.45) is 0. The Balaban J connectivity index is 2.76. The number of nitrogens with two attached hydrogens (primary N) is 1. The molecule has 1 atom stereocenters. The lowest BCUT2D eigenvalue weighted by Crippen LogP contribution is -2.06. The van der Waals surface area contributed by atoms with Crippen LogP contribution in [-0.4, -0.2) is 15.2 Å². The van der Waals surface area contributed by atoms with E-state index >= 15 is 0 Å². The first-order valence-electron chi connectivity index (χ1n) is 4.45. The van der Waals surface area contributed by atoms with E-state index in [9.17, 15) is 0 Å². The molecule has 1 rings (SSSR count). The van der Waals surface area contributed by atoms with Crippen molar-refractivity contribution < 1.29 is 0 Å². The van der Waals surface area contributed by atoms with Gasteiger partial charge in [0.15, 0.2) is 0 Å². The maximum atomic E-state index is 5.77. The summed E-state index contributed by atoms with van der Waals surface area (Å²) in [6, 6.07) is 1.74. The Labute approximate surface area is 93.5 Å². The fraction of sp³-hybridized carbons (Fsp3) is 0.556. The molecule has 0 saturated carbocycles. The van der Waals surface area contributed by atoms with Gasteiger partial charge < -0.3 is 5.73 Å². The Morgan fingerprint density at radius 1 is 1.36 bits per heavy atom. The molecular formula is C9H14ClN3S. The largest absolute Gasteiger partial charge is 0.368 e. The van der Waals surface area contributed by atoms with Crippen molar-refractivity contribution in [1.29, 1.82) is 0 Å². The molecule has 14 heavy (non-hydrogen) atoms. The van der Waals surface area contributed by atoms with Crippen molar-refractivity contribution in [2.24, 2.45) is 5.92 Å². The zero-order valence-electron chi connectivity index (χ0n) is 8.49. The number of aromatic nitrogens is 2. The highest BCUT2D eigenvalue weighted by molar-refractivity contribution is 7.99. The molecule has 1 heterocycles. The lowest BCUT2D eigenvalue weighted by molar-refractivity contribution is 0.641. The number of thioether (sulfide) groups is 1. The number of halogens is 1. The maximum Gasteiger partial charge on any atom is 0.222 e. The molecule has 3 nitrogen and oxygen atoms in total. The third kappa shape index (κ3) is 3.35. The molecule has 1 aromatic rings. The minimum absolute atomic E-state index is 0.232. The number of hydrogen-bond donors (Lipinski definition) is 1. The van der Waals surface area contributed by atoms with E-state index in [1.165, 1.54) is 0 Å². The summed E-state index contributed by atoms with van der Waals surface area (Å²) in [5.74, 6) is 0.825. The van der Waals surface area contributed by atoms with E-state index in [1.807, 2.05) is 0 Å². The fourth-order valence-corrected chi connectivity index (χ4v) is 2.03. The van der Waals surface area contributed by atoms with Crippen LogP contribution in [0.1, 0.15) is 20.8 Å². The first-order valence-corrected chi connectivity index (χ1v) is 5.71. The molecule has 2 N–H and O–H groups in total. The SMILES string of the molecule is CC(C)C(C)Sc1cc(Cl)nc(N)n1. The van der Waals surface area contributed by atoms with Gasteiger partial charge in [0.2, 0.25) is 5.95 Å². The van der Waals surface area contributed by atoms with Crippen molar-refractivity contribution in [3.05, 3.63) is 11.2 Å². The first kappa shape index (κ1) is 11.6. The molecule has 78 valence electrons. The minimum Gasteiger partial charge on any atom is -0.368 e. The van der Waals surface area contributed by atoms with Crippen molar-refractivity contribution in [1.82, 2.24) is 9.97 Å². The van der Waals surface area contributed by atoms with Gasteiger partial charge in [0.25, 0.3) is 0 Å². The molecule has 5 heteroatoms. The van der Waals surface area contributed by atoms with Crippen molar-refractivity contribution in [2.45, 2.75) is 31.0 Å². The Morgan fingerprint density at radius 2 is 2.00 bits per heavy atom. The number of nitrogens with zero attached hydrogens (tertiary/aromatic N) is 2. The van der Waals surface area contributed by atoms with Gasteiger partial charge in [-0.15, -0.1) is 11.8 Å². The standard InChI is InChI=1S/C9H14ClN3S/c1-5(2)6(3)14-8-4-7(10)12-9(11)13-8/h4-6H,1-3H3,(H2,11,12,13). The average molecular weight is 232 g/mol. The highest BCUT2D eigenvalue weighted by atomic mass is 35.5. The van der Waals surface area contributed by atoms with Crippen LogP contribution in [0.15, 0.2) is 11.1 Å². The van der Waals surface area contributed by atoms with Crippen molar-refractivity contribution >= 4 is 29.3 Å². The molecule has 0 aromatic carbocycles. The lowest BCUT2D eigenvalue weighted by atomic mass is 10.2. The molecule has 0 spiro atoms. The Bertz CT molecular complexity index is 297. The van der Waals surface area contributed by atoms with Gasteiger partial charge in [0.05, 0.1) is 0 Å². The van der Waals surface area contributed by atoms with Gasteiger partial charge in [0.1, 0.15) is 10.2 Å². The van der Waals surface area contributed by atoms with Crippen molar-refractivity contribution in [3.63, 3.8) is 0 Å². The lowest BCUT2D eigenvalue weighted by Gasteiger charge is -2.14. The highest BCUT2D eigenvalue weighted by Crippen LogP contribution is 2.27. The van der Waals surface area contributed by atoms with E-state index < -0.39 is 0 Å². The van der Waals surface area contributed by atoms with Gasteiger partial charge in [-0.3, -0.25) is 0 Å². The molecule has 0 aliphatic rings. The second-order valence-corrected chi connectivity index (χ2v) is 5.24. The van der Waals surface area contributed by atoms with E-state index in [0.717, 1.165) is 5.03 Å². The predicted octanol–water partition coefficient (Wildman–Crippen LogP) is 2.85. The third-order valence-electron chi connectivity index (χ3n) is 1.93. The Morgan fingerprint density at radius 3 is 2.50 bits per heavy atom. The molecule has 0 aliphatic carbocycles. The van der Waals surface area contributed by atoms with Gasteiger partial charge in [-0.2, -0.15) is 0 Å². The minimum atomic E-state index is 0.232. The normalized spacial score (nSPS) is 13.2. The Kier molecular flexibility index (Phi) is 4.01. The summed E-state index contributed by atoms with van der Waals surface area (Å²) < 4.78 is 0. The van der Waals surface area contributed by atoms with Crippen LogP contribution in [0.5, 0.6) is 0 Å². The monoisotopic (exact) mass is 231 g/mol. The summed E-state index contributed by atoms with van der Waals surface area (Å²) in [7, 11) is 0. The smallest absolute Gasteiger partial charge is 0.222 e. The van der Waals surface area contributed by atoms with Gasteiger partial charge in [-0.1, -0.05) is 32.4 Å². The molecule has 1 unspecified atom stereocenters. The molecule has 0 amide bonds. The van der Waals surface area contributed by atoms with Crippen LogP contribution in [0.4, 0.5) is 5.95 Å². The predicted molar refractivity (Wildman–Crippen MR) is 61.6 cm³/mol. The second-order valence-electron chi connectivity index (χ2n) is 3.45. The van der Waals surface area contributed by atoms with Gasteiger partial charge >= 0.3 is 0 Å². The quantitative estimate of drug-likeness (QED) is 0.642. The van der Waals surface area contributed by atoms with Crippen LogP contribution >= 0.6 is 23.4 Å². The van der Waals surface area contributed by atoms with E-state index in [0.29, 0.717) is 16.3 Å². The zero-order chi connectivity index (χ0) is 10.7. The molecule has 0 bridgehead atoms. The van der Waals surface area contributed by atoms with Crippen molar-refractivity contribution in [2.75, 3.05) is 5.73 Å². The van der Waals surface area contributed by atoms with Crippen LogP contribution in [-0.2, 0) is 0 Å². The van der Waals surface area contributed by atoms with E-state index in [-0.39, 0.29) is 5.95 Å².